The first kappa shape index (κ1) is 12.5. The largest absolute Gasteiger partial charge is 0.382 e. The van der Waals surface area contributed by atoms with E-state index in [1.165, 1.54) is 0 Å². The molecule has 0 heterocycles. The fourth-order valence-electron chi connectivity index (χ4n) is 1.72. The fraction of sp³-hybridized carbons (Fsp3) is 0.214. The molecule has 0 saturated heterocycles. The van der Waals surface area contributed by atoms with Gasteiger partial charge in [0.25, 0.3) is 5.91 Å². The molecule has 0 saturated carbocycles. The van der Waals surface area contributed by atoms with Gasteiger partial charge in [-0.25, -0.2) is 5.48 Å². The highest BCUT2D eigenvalue weighted by Crippen LogP contribution is 2.18. The maximum absolute atomic E-state index is 11.9. The van der Waals surface area contributed by atoms with Crippen LogP contribution in [-0.2, 0) is 9.57 Å². The zero-order valence-electron chi connectivity index (χ0n) is 10.2. The van der Waals surface area contributed by atoms with E-state index in [9.17, 15) is 4.79 Å². The van der Waals surface area contributed by atoms with E-state index in [1.54, 1.807) is 13.2 Å². The lowest BCUT2D eigenvalue weighted by Crippen LogP contribution is -2.25. The molecule has 4 nitrogen and oxygen atoms in total. The van der Waals surface area contributed by atoms with Crippen molar-refractivity contribution in [1.29, 1.82) is 0 Å². The molecular formula is C14H15NO3. The Kier molecular flexibility index (Phi) is 4.28. The number of fused-ring (bicyclic) bond motifs is 1. The number of nitrogens with one attached hydrogen (secondary N) is 1. The highest BCUT2D eigenvalue weighted by Gasteiger charge is 2.08. The van der Waals surface area contributed by atoms with Gasteiger partial charge in [-0.3, -0.25) is 9.63 Å². The molecule has 2 rings (SSSR count). The van der Waals surface area contributed by atoms with Gasteiger partial charge in [0, 0.05) is 12.7 Å². The maximum Gasteiger partial charge on any atom is 0.275 e. The van der Waals surface area contributed by atoms with Gasteiger partial charge >= 0.3 is 0 Å². The van der Waals surface area contributed by atoms with Gasteiger partial charge in [-0.2, -0.15) is 0 Å². The SMILES string of the molecule is COCCONC(=O)c1cccc2ccccc12. The second-order valence-corrected chi connectivity index (χ2v) is 3.80. The van der Waals surface area contributed by atoms with Crippen molar-refractivity contribution in [3.05, 3.63) is 48.0 Å². The van der Waals surface area contributed by atoms with Gasteiger partial charge in [0.2, 0.25) is 0 Å². The summed E-state index contributed by atoms with van der Waals surface area (Å²) in [5.41, 5.74) is 3.01. The van der Waals surface area contributed by atoms with Crippen LogP contribution in [0.2, 0.25) is 0 Å². The van der Waals surface area contributed by atoms with Crippen molar-refractivity contribution in [3.63, 3.8) is 0 Å². The number of methoxy groups -OCH3 is 1. The summed E-state index contributed by atoms with van der Waals surface area (Å²) in [4.78, 5) is 17.0. The second kappa shape index (κ2) is 6.14. The zero-order chi connectivity index (χ0) is 12.8. The molecule has 0 aliphatic carbocycles. The van der Waals surface area contributed by atoms with E-state index in [0.29, 0.717) is 18.8 Å². The topological polar surface area (TPSA) is 47.6 Å². The molecule has 0 aliphatic heterocycles. The Morgan fingerprint density at radius 1 is 1.11 bits per heavy atom. The van der Waals surface area contributed by atoms with Crippen LogP contribution in [0.3, 0.4) is 0 Å². The molecule has 0 fully saturated rings. The lowest BCUT2D eigenvalue weighted by atomic mass is 10.0. The Labute approximate surface area is 105 Å². The highest BCUT2D eigenvalue weighted by atomic mass is 16.7. The molecule has 1 N–H and O–H groups in total. The van der Waals surface area contributed by atoms with Crippen molar-refractivity contribution in [2.75, 3.05) is 20.3 Å². The summed E-state index contributed by atoms with van der Waals surface area (Å²) >= 11 is 0. The number of hydrogen-bond donors (Lipinski definition) is 1. The van der Waals surface area contributed by atoms with Crippen LogP contribution in [0.1, 0.15) is 10.4 Å². The van der Waals surface area contributed by atoms with Crippen LogP contribution in [-0.4, -0.2) is 26.2 Å². The molecule has 1 amide bonds. The molecule has 0 atom stereocenters. The monoisotopic (exact) mass is 245 g/mol. The van der Waals surface area contributed by atoms with Crippen LogP contribution in [0.5, 0.6) is 0 Å². The van der Waals surface area contributed by atoms with Crippen molar-refractivity contribution >= 4 is 16.7 Å². The Hall–Kier alpha value is -1.91. The summed E-state index contributed by atoms with van der Waals surface area (Å²) in [7, 11) is 1.58. The summed E-state index contributed by atoms with van der Waals surface area (Å²) < 4.78 is 4.82. The fourth-order valence-corrected chi connectivity index (χ4v) is 1.72. The van der Waals surface area contributed by atoms with Gasteiger partial charge in [-0.1, -0.05) is 36.4 Å². The van der Waals surface area contributed by atoms with Gasteiger partial charge in [-0.15, -0.1) is 0 Å². The minimum Gasteiger partial charge on any atom is -0.382 e. The smallest absolute Gasteiger partial charge is 0.275 e. The number of ether oxygens (including phenoxy) is 1. The van der Waals surface area contributed by atoms with Gasteiger partial charge in [0.05, 0.1) is 13.2 Å². The van der Waals surface area contributed by atoms with Crippen LogP contribution < -0.4 is 5.48 Å². The standard InChI is InChI=1S/C14H15NO3/c1-17-9-10-18-15-14(16)13-8-4-6-11-5-2-3-7-12(11)13/h2-8H,9-10H2,1H3,(H,15,16). The summed E-state index contributed by atoms with van der Waals surface area (Å²) in [6, 6.07) is 13.3. The molecule has 4 heteroatoms. The Morgan fingerprint density at radius 2 is 1.89 bits per heavy atom. The Bertz CT molecular complexity index is 534. The first-order valence-electron chi connectivity index (χ1n) is 5.72. The number of benzene rings is 2. The minimum atomic E-state index is -0.247. The lowest BCUT2D eigenvalue weighted by Gasteiger charge is -2.07. The number of carbonyl (C=O) groups is 1. The van der Waals surface area contributed by atoms with E-state index in [4.69, 9.17) is 9.57 Å². The third-order valence-corrected chi connectivity index (χ3v) is 2.59. The Morgan fingerprint density at radius 3 is 2.72 bits per heavy atom. The molecule has 2 aromatic rings. The minimum absolute atomic E-state index is 0.247. The van der Waals surface area contributed by atoms with Crippen molar-refractivity contribution in [3.8, 4) is 0 Å². The molecule has 0 radical (unpaired) electrons. The molecule has 0 unspecified atom stereocenters. The molecule has 2 aromatic carbocycles. The van der Waals surface area contributed by atoms with Crippen molar-refractivity contribution in [1.82, 2.24) is 5.48 Å². The van der Waals surface area contributed by atoms with E-state index in [1.807, 2.05) is 36.4 Å². The van der Waals surface area contributed by atoms with E-state index >= 15 is 0 Å². The third kappa shape index (κ3) is 2.85. The van der Waals surface area contributed by atoms with E-state index in [0.717, 1.165) is 10.8 Å². The van der Waals surface area contributed by atoms with E-state index in [-0.39, 0.29) is 5.91 Å². The molecule has 18 heavy (non-hydrogen) atoms. The molecule has 94 valence electrons. The number of hydroxylamine groups is 1. The average molecular weight is 245 g/mol. The van der Waals surface area contributed by atoms with Crippen molar-refractivity contribution in [2.24, 2.45) is 0 Å². The Balaban J connectivity index is 2.13. The number of amides is 1. The lowest BCUT2D eigenvalue weighted by molar-refractivity contribution is 0.00899. The van der Waals surface area contributed by atoms with E-state index < -0.39 is 0 Å². The van der Waals surface area contributed by atoms with E-state index in [2.05, 4.69) is 5.48 Å². The highest BCUT2D eigenvalue weighted by molar-refractivity contribution is 6.06. The summed E-state index contributed by atoms with van der Waals surface area (Å²) in [5, 5.41) is 1.94. The first-order valence-corrected chi connectivity index (χ1v) is 5.72. The normalized spacial score (nSPS) is 10.5. The quantitative estimate of drug-likeness (QED) is 0.648. The van der Waals surface area contributed by atoms with Gasteiger partial charge < -0.3 is 4.74 Å². The number of rotatable bonds is 5. The predicted molar refractivity (Wildman–Crippen MR) is 69.2 cm³/mol. The van der Waals surface area contributed by atoms with Crippen LogP contribution in [0.4, 0.5) is 0 Å². The van der Waals surface area contributed by atoms with Crippen molar-refractivity contribution < 1.29 is 14.4 Å². The molecule has 0 aliphatic rings. The summed E-state index contributed by atoms with van der Waals surface area (Å²) in [5.74, 6) is -0.247. The molecule has 0 bridgehead atoms. The summed E-state index contributed by atoms with van der Waals surface area (Å²) in [6.07, 6.45) is 0. The van der Waals surface area contributed by atoms with Gasteiger partial charge in [-0.05, 0) is 16.8 Å². The van der Waals surface area contributed by atoms with Crippen LogP contribution in [0.15, 0.2) is 42.5 Å². The maximum atomic E-state index is 11.9. The second-order valence-electron chi connectivity index (χ2n) is 3.80. The van der Waals surface area contributed by atoms with Gasteiger partial charge in [0.15, 0.2) is 0 Å². The number of carbonyl (C=O) groups excluding carboxylic acids is 1. The molecule has 0 aromatic heterocycles. The number of hydrogen-bond acceptors (Lipinski definition) is 3. The first-order chi connectivity index (χ1) is 8.83. The van der Waals surface area contributed by atoms with Gasteiger partial charge in [0.1, 0.15) is 0 Å². The summed E-state index contributed by atoms with van der Waals surface area (Å²) in [6.45, 7) is 0.767. The third-order valence-electron chi connectivity index (χ3n) is 2.59. The molecular weight excluding hydrogens is 230 g/mol. The van der Waals surface area contributed by atoms with Crippen LogP contribution >= 0.6 is 0 Å². The predicted octanol–water partition coefficient (Wildman–Crippen LogP) is 2.15. The van der Waals surface area contributed by atoms with Crippen molar-refractivity contribution in [2.45, 2.75) is 0 Å². The zero-order valence-corrected chi connectivity index (χ0v) is 10.2. The average Bonchev–Trinajstić information content (AvgIpc) is 2.43. The van der Waals surface area contributed by atoms with Crippen LogP contribution in [0.25, 0.3) is 10.8 Å². The van der Waals surface area contributed by atoms with Crippen LogP contribution in [0, 0.1) is 0 Å². The molecule has 0 spiro atoms.